The first-order valence-electron chi connectivity index (χ1n) is 7.55. The SMILES string of the molecule is N#CCCn1cc(C(=O)CSc2ccc(Br)cc2)c2ccccc21. The van der Waals surface area contributed by atoms with Crippen molar-refractivity contribution in [1.29, 1.82) is 5.26 Å². The van der Waals surface area contributed by atoms with Crippen LogP contribution in [-0.4, -0.2) is 16.1 Å². The summed E-state index contributed by atoms with van der Waals surface area (Å²) in [6, 6.07) is 18.0. The van der Waals surface area contributed by atoms with E-state index in [0.717, 1.165) is 25.8 Å². The van der Waals surface area contributed by atoms with Gasteiger partial charge in [0.25, 0.3) is 0 Å². The highest BCUT2D eigenvalue weighted by Gasteiger charge is 2.15. The van der Waals surface area contributed by atoms with Gasteiger partial charge in [-0.25, -0.2) is 0 Å². The summed E-state index contributed by atoms with van der Waals surface area (Å²) in [7, 11) is 0. The number of fused-ring (bicyclic) bond motifs is 1. The van der Waals surface area contributed by atoms with Gasteiger partial charge in [0.2, 0.25) is 0 Å². The Balaban J connectivity index is 1.81. The molecule has 0 bridgehead atoms. The summed E-state index contributed by atoms with van der Waals surface area (Å²) < 4.78 is 3.02. The maximum Gasteiger partial charge on any atom is 0.175 e. The number of nitrogens with zero attached hydrogens (tertiary/aromatic N) is 2. The van der Waals surface area contributed by atoms with E-state index in [1.165, 1.54) is 11.8 Å². The van der Waals surface area contributed by atoms with Gasteiger partial charge in [0, 0.05) is 38.6 Å². The number of ketones is 1. The second-order valence-electron chi connectivity index (χ2n) is 5.33. The third-order valence-electron chi connectivity index (χ3n) is 3.74. The molecule has 3 aromatic rings. The molecule has 0 aliphatic heterocycles. The molecule has 0 saturated heterocycles. The van der Waals surface area contributed by atoms with Crippen LogP contribution in [0.25, 0.3) is 10.9 Å². The van der Waals surface area contributed by atoms with Crippen molar-refractivity contribution in [3.8, 4) is 6.07 Å². The van der Waals surface area contributed by atoms with E-state index in [2.05, 4.69) is 22.0 Å². The molecule has 120 valence electrons. The Morgan fingerprint density at radius 3 is 2.67 bits per heavy atom. The highest BCUT2D eigenvalue weighted by molar-refractivity contribution is 9.10. The first kappa shape index (κ1) is 16.8. The smallest absolute Gasteiger partial charge is 0.175 e. The molecule has 0 atom stereocenters. The lowest BCUT2D eigenvalue weighted by Crippen LogP contribution is -2.02. The summed E-state index contributed by atoms with van der Waals surface area (Å²) in [6.45, 7) is 0.601. The number of carbonyl (C=O) groups is 1. The Labute approximate surface area is 153 Å². The van der Waals surface area contributed by atoms with Crippen LogP contribution in [0.4, 0.5) is 0 Å². The van der Waals surface area contributed by atoms with Crippen LogP contribution in [0.1, 0.15) is 16.8 Å². The number of halogens is 1. The predicted molar refractivity (Wildman–Crippen MR) is 101 cm³/mol. The number of nitriles is 1. The molecule has 0 spiro atoms. The normalized spacial score (nSPS) is 10.7. The van der Waals surface area contributed by atoms with Crippen LogP contribution in [0, 0.1) is 11.3 Å². The third kappa shape index (κ3) is 3.72. The number of thioether (sulfide) groups is 1. The summed E-state index contributed by atoms with van der Waals surface area (Å²) in [5.41, 5.74) is 1.73. The molecule has 0 radical (unpaired) electrons. The minimum atomic E-state index is 0.106. The van der Waals surface area contributed by atoms with E-state index in [1.54, 1.807) is 0 Å². The number of carbonyl (C=O) groups excluding carboxylic acids is 1. The van der Waals surface area contributed by atoms with Crippen LogP contribution in [0.2, 0.25) is 0 Å². The Morgan fingerprint density at radius 1 is 1.17 bits per heavy atom. The minimum Gasteiger partial charge on any atom is -0.346 e. The molecule has 0 fully saturated rings. The molecule has 0 aliphatic carbocycles. The molecule has 0 aliphatic rings. The lowest BCUT2D eigenvalue weighted by Gasteiger charge is -2.01. The zero-order chi connectivity index (χ0) is 16.9. The maximum absolute atomic E-state index is 12.7. The first-order valence-corrected chi connectivity index (χ1v) is 9.33. The van der Waals surface area contributed by atoms with Gasteiger partial charge in [0.05, 0.1) is 18.2 Å². The summed E-state index contributed by atoms with van der Waals surface area (Å²) >= 11 is 4.95. The molecule has 0 unspecified atom stereocenters. The summed E-state index contributed by atoms with van der Waals surface area (Å²) in [5, 5.41) is 9.76. The van der Waals surface area contributed by atoms with Crippen LogP contribution < -0.4 is 0 Å². The van der Waals surface area contributed by atoms with Crippen molar-refractivity contribution >= 4 is 44.4 Å². The molecule has 2 aromatic carbocycles. The van der Waals surface area contributed by atoms with E-state index in [-0.39, 0.29) is 5.78 Å². The van der Waals surface area contributed by atoms with E-state index in [1.807, 2.05) is 59.3 Å². The molecule has 24 heavy (non-hydrogen) atoms. The standard InChI is InChI=1S/C19H15BrN2OS/c20-14-6-8-15(9-7-14)24-13-19(23)17-12-22(11-3-10-21)18-5-2-1-4-16(17)18/h1-2,4-9,12H,3,11,13H2. The molecule has 1 aromatic heterocycles. The number of hydrogen-bond acceptors (Lipinski definition) is 3. The first-order chi connectivity index (χ1) is 11.7. The topological polar surface area (TPSA) is 45.8 Å². The van der Waals surface area contributed by atoms with Gasteiger partial charge < -0.3 is 4.57 Å². The molecule has 0 amide bonds. The van der Waals surface area contributed by atoms with E-state index in [0.29, 0.717) is 18.7 Å². The Hall–Kier alpha value is -2.03. The van der Waals surface area contributed by atoms with Crippen LogP contribution in [-0.2, 0) is 6.54 Å². The second-order valence-corrected chi connectivity index (χ2v) is 7.29. The van der Waals surface area contributed by atoms with Gasteiger partial charge in [-0.3, -0.25) is 4.79 Å². The zero-order valence-corrected chi connectivity index (χ0v) is 15.3. The van der Waals surface area contributed by atoms with Crippen molar-refractivity contribution in [1.82, 2.24) is 4.57 Å². The number of rotatable bonds is 6. The van der Waals surface area contributed by atoms with Crippen molar-refractivity contribution in [2.75, 3.05) is 5.75 Å². The molecule has 3 rings (SSSR count). The third-order valence-corrected chi connectivity index (χ3v) is 5.28. The highest BCUT2D eigenvalue weighted by Crippen LogP contribution is 2.26. The lowest BCUT2D eigenvalue weighted by atomic mass is 10.1. The highest BCUT2D eigenvalue weighted by atomic mass is 79.9. The van der Waals surface area contributed by atoms with E-state index in [9.17, 15) is 4.79 Å². The van der Waals surface area contributed by atoms with Gasteiger partial charge in [-0.05, 0) is 30.3 Å². The Bertz CT molecular complexity index is 909. The van der Waals surface area contributed by atoms with E-state index >= 15 is 0 Å². The van der Waals surface area contributed by atoms with Gasteiger partial charge in [-0.15, -0.1) is 11.8 Å². The number of benzene rings is 2. The monoisotopic (exact) mass is 398 g/mol. The number of aromatic nitrogens is 1. The maximum atomic E-state index is 12.7. The van der Waals surface area contributed by atoms with Crippen molar-refractivity contribution in [2.24, 2.45) is 0 Å². The summed E-state index contributed by atoms with van der Waals surface area (Å²) in [5.74, 6) is 0.503. The van der Waals surface area contributed by atoms with Gasteiger partial charge in [-0.1, -0.05) is 34.1 Å². The fourth-order valence-corrected chi connectivity index (χ4v) is 3.63. The van der Waals surface area contributed by atoms with Gasteiger partial charge in [0.15, 0.2) is 5.78 Å². The number of hydrogen-bond donors (Lipinski definition) is 0. The number of Topliss-reactive ketones (excluding diaryl/α,β-unsaturated/α-hetero) is 1. The molecule has 0 saturated carbocycles. The molecule has 5 heteroatoms. The molecule has 3 nitrogen and oxygen atoms in total. The predicted octanol–water partition coefficient (Wildman–Crippen LogP) is 5.29. The number of para-hydroxylation sites is 1. The average molecular weight is 399 g/mol. The largest absolute Gasteiger partial charge is 0.346 e. The van der Waals surface area contributed by atoms with Crippen molar-refractivity contribution < 1.29 is 4.79 Å². The fraction of sp³-hybridized carbons (Fsp3) is 0.158. The summed E-state index contributed by atoms with van der Waals surface area (Å²) in [6.07, 6.45) is 2.31. The quantitative estimate of drug-likeness (QED) is 0.418. The fourth-order valence-electron chi connectivity index (χ4n) is 2.58. The Kier molecular flexibility index (Phi) is 5.39. The molecule has 1 heterocycles. The zero-order valence-electron chi connectivity index (χ0n) is 12.9. The van der Waals surface area contributed by atoms with Crippen molar-refractivity contribution in [2.45, 2.75) is 17.9 Å². The Morgan fingerprint density at radius 2 is 1.92 bits per heavy atom. The number of aryl methyl sites for hydroxylation is 1. The summed E-state index contributed by atoms with van der Waals surface area (Å²) in [4.78, 5) is 13.7. The van der Waals surface area contributed by atoms with Gasteiger partial charge in [-0.2, -0.15) is 5.26 Å². The van der Waals surface area contributed by atoms with Gasteiger partial charge >= 0.3 is 0 Å². The van der Waals surface area contributed by atoms with E-state index < -0.39 is 0 Å². The second kappa shape index (κ2) is 7.69. The van der Waals surface area contributed by atoms with Crippen molar-refractivity contribution in [3.63, 3.8) is 0 Å². The minimum absolute atomic E-state index is 0.106. The van der Waals surface area contributed by atoms with Crippen LogP contribution >= 0.6 is 27.7 Å². The van der Waals surface area contributed by atoms with Crippen LogP contribution in [0.5, 0.6) is 0 Å². The van der Waals surface area contributed by atoms with Crippen LogP contribution in [0.15, 0.2) is 64.1 Å². The van der Waals surface area contributed by atoms with Gasteiger partial charge in [0.1, 0.15) is 0 Å². The van der Waals surface area contributed by atoms with Crippen LogP contribution in [0.3, 0.4) is 0 Å². The molecule has 0 N–H and O–H groups in total. The molecular weight excluding hydrogens is 384 g/mol. The average Bonchev–Trinajstić information content (AvgIpc) is 2.98. The molecular formula is C19H15BrN2OS. The lowest BCUT2D eigenvalue weighted by molar-refractivity contribution is 0.102. The van der Waals surface area contributed by atoms with E-state index in [4.69, 9.17) is 5.26 Å². The van der Waals surface area contributed by atoms with Crippen molar-refractivity contribution in [3.05, 3.63) is 64.8 Å².